The lowest BCUT2D eigenvalue weighted by Gasteiger charge is -2.28. The summed E-state index contributed by atoms with van der Waals surface area (Å²) in [6.07, 6.45) is 3.22. The Morgan fingerprint density at radius 2 is 2.00 bits per heavy atom. The van der Waals surface area contributed by atoms with Crippen molar-refractivity contribution in [1.82, 2.24) is 5.32 Å². The van der Waals surface area contributed by atoms with Gasteiger partial charge in [-0.3, -0.25) is 4.79 Å². The van der Waals surface area contributed by atoms with Gasteiger partial charge in [0, 0.05) is 12.1 Å². The summed E-state index contributed by atoms with van der Waals surface area (Å²) in [6, 6.07) is 7.63. The van der Waals surface area contributed by atoms with Crippen molar-refractivity contribution in [3.8, 4) is 5.75 Å². The second-order valence-electron chi connectivity index (χ2n) is 5.84. The van der Waals surface area contributed by atoms with Crippen LogP contribution >= 0.6 is 0 Å². The Hall–Kier alpha value is -1.55. The van der Waals surface area contributed by atoms with Gasteiger partial charge in [-0.15, -0.1) is 0 Å². The van der Waals surface area contributed by atoms with E-state index in [2.05, 4.69) is 5.32 Å². The number of amides is 1. The monoisotopic (exact) mass is 291 g/mol. The van der Waals surface area contributed by atoms with Crippen molar-refractivity contribution in [3.05, 3.63) is 29.8 Å². The van der Waals surface area contributed by atoms with E-state index in [0.717, 1.165) is 24.2 Å². The number of ether oxygens (including phenoxy) is 1. The van der Waals surface area contributed by atoms with E-state index in [1.54, 1.807) is 0 Å². The van der Waals surface area contributed by atoms with Crippen LogP contribution in [0.2, 0.25) is 0 Å². The minimum atomic E-state index is -0.794. The SMILES string of the molecule is CCCC(O)(CCC)CNC(=O)C1COc2ccccc21. The Kier molecular flexibility index (Phi) is 5.23. The molecule has 0 saturated carbocycles. The maximum absolute atomic E-state index is 12.4. The summed E-state index contributed by atoms with van der Waals surface area (Å²) in [7, 11) is 0. The minimum absolute atomic E-state index is 0.0643. The van der Waals surface area contributed by atoms with Gasteiger partial charge in [0.15, 0.2) is 0 Å². The normalized spacial score (nSPS) is 17.2. The molecule has 1 aliphatic heterocycles. The number of aliphatic hydroxyl groups is 1. The van der Waals surface area contributed by atoms with Crippen molar-refractivity contribution >= 4 is 5.91 Å². The molecular weight excluding hydrogens is 266 g/mol. The highest BCUT2D eigenvalue weighted by Crippen LogP contribution is 2.33. The number of rotatable bonds is 7. The highest BCUT2D eigenvalue weighted by atomic mass is 16.5. The van der Waals surface area contributed by atoms with Crippen LogP contribution in [-0.4, -0.2) is 29.8 Å². The highest BCUT2D eigenvalue weighted by molar-refractivity contribution is 5.85. The van der Waals surface area contributed by atoms with E-state index in [-0.39, 0.29) is 11.8 Å². The minimum Gasteiger partial charge on any atom is -0.492 e. The Labute approximate surface area is 126 Å². The highest BCUT2D eigenvalue weighted by Gasteiger charge is 2.32. The van der Waals surface area contributed by atoms with Crippen LogP contribution in [0.25, 0.3) is 0 Å². The Balaban J connectivity index is 1.96. The molecule has 0 bridgehead atoms. The first-order valence-corrected chi connectivity index (χ1v) is 7.81. The van der Waals surface area contributed by atoms with Gasteiger partial charge in [0.2, 0.25) is 5.91 Å². The van der Waals surface area contributed by atoms with Crippen molar-refractivity contribution in [2.24, 2.45) is 0 Å². The van der Waals surface area contributed by atoms with E-state index in [9.17, 15) is 9.90 Å². The van der Waals surface area contributed by atoms with Crippen LogP contribution in [0, 0.1) is 0 Å². The molecule has 1 unspecified atom stereocenters. The molecule has 2 rings (SSSR count). The molecule has 1 amide bonds. The molecular formula is C17H25NO3. The average Bonchev–Trinajstić information content (AvgIpc) is 2.89. The number of benzene rings is 1. The number of hydrogen-bond donors (Lipinski definition) is 2. The molecule has 0 fully saturated rings. The fourth-order valence-corrected chi connectivity index (χ4v) is 2.99. The summed E-state index contributed by atoms with van der Waals surface area (Å²) < 4.78 is 5.54. The number of nitrogens with one attached hydrogen (secondary N) is 1. The van der Waals surface area contributed by atoms with Gasteiger partial charge in [0.25, 0.3) is 0 Å². The van der Waals surface area contributed by atoms with Crippen LogP contribution in [-0.2, 0) is 4.79 Å². The molecule has 4 nitrogen and oxygen atoms in total. The third-order valence-electron chi connectivity index (χ3n) is 4.04. The van der Waals surface area contributed by atoms with E-state index in [1.807, 2.05) is 38.1 Å². The summed E-state index contributed by atoms with van der Waals surface area (Å²) in [5.74, 6) is 0.453. The van der Waals surface area contributed by atoms with Crippen molar-refractivity contribution in [1.29, 1.82) is 0 Å². The van der Waals surface area contributed by atoms with Gasteiger partial charge in [0.05, 0.1) is 5.60 Å². The van der Waals surface area contributed by atoms with E-state index < -0.39 is 5.60 Å². The molecule has 4 heteroatoms. The predicted molar refractivity (Wildman–Crippen MR) is 82.5 cm³/mol. The molecule has 1 aromatic rings. The number of carbonyl (C=O) groups excluding carboxylic acids is 1. The number of fused-ring (bicyclic) bond motifs is 1. The lowest BCUT2D eigenvalue weighted by molar-refractivity contribution is -0.124. The zero-order chi connectivity index (χ0) is 15.3. The van der Waals surface area contributed by atoms with Gasteiger partial charge < -0.3 is 15.2 Å². The van der Waals surface area contributed by atoms with Gasteiger partial charge in [0.1, 0.15) is 18.3 Å². The maximum atomic E-state index is 12.4. The first-order chi connectivity index (χ1) is 10.1. The number of hydrogen-bond acceptors (Lipinski definition) is 3. The fraction of sp³-hybridized carbons (Fsp3) is 0.588. The van der Waals surface area contributed by atoms with Crippen LogP contribution in [0.3, 0.4) is 0 Å². The zero-order valence-corrected chi connectivity index (χ0v) is 12.9. The summed E-state index contributed by atoms with van der Waals surface area (Å²) >= 11 is 0. The van der Waals surface area contributed by atoms with Gasteiger partial charge in [-0.25, -0.2) is 0 Å². The van der Waals surface area contributed by atoms with Gasteiger partial charge >= 0.3 is 0 Å². The Morgan fingerprint density at radius 1 is 1.33 bits per heavy atom. The van der Waals surface area contributed by atoms with Crippen LogP contribution < -0.4 is 10.1 Å². The molecule has 0 spiro atoms. The average molecular weight is 291 g/mol. The third-order valence-corrected chi connectivity index (χ3v) is 4.04. The molecule has 0 aromatic heterocycles. The smallest absolute Gasteiger partial charge is 0.231 e. The quantitative estimate of drug-likeness (QED) is 0.812. The zero-order valence-electron chi connectivity index (χ0n) is 12.9. The molecule has 1 atom stereocenters. The number of para-hydroxylation sites is 1. The Morgan fingerprint density at radius 3 is 2.67 bits per heavy atom. The van der Waals surface area contributed by atoms with Crippen LogP contribution in [0.1, 0.15) is 51.0 Å². The van der Waals surface area contributed by atoms with Gasteiger partial charge in [-0.05, 0) is 18.9 Å². The fourth-order valence-electron chi connectivity index (χ4n) is 2.99. The van der Waals surface area contributed by atoms with Gasteiger partial charge in [-0.1, -0.05) is 44.9 Å². The van der Waals surface area contributed by atoms with Crippen molar-refractivity contribution in [2.45, 2.75) is 51.0 Å². The standard InChI is InChI=1S/C17H25NO3/c1-3-9-17(20,10-4-2)12-18-16(19)14-11-21-15-8-6-5-7-13(14)15/h5-8,14,20H,3-4,9-12H2,1-2H3,(H,18,19). The first-order valence-electron chi connectivity index (χ1n) is 7.81. The molecule has 0 aliphatic carbocycles. The van der Waals surface area contributed by atoms with Gasteiger partial charge in [-0.2, -0.15) is 0 Å². The van der Waals surface area contributed by atoms with E-state index in [0.29, 0.717) is 26.0 Å². The molecule has 2 N–H and O–H groups in total. The molecule has 1 heterocycles. The molecule has 21 heavy (non-hydrogen) atoms. The summed E-state index contributed by atoms with van der Waals surface area (Å²) in [5.41, 5.74) is 0.141. The maximum Gasteiger partial charge on any atom is 0.231 e. The van der Waals surface area contributed by atoms with E-state index in [1.165, 1.54) is 0 Å². The van der Waals surface area contributed by atoms with E-state index in [4.69, 9.17) is 4.74 Å². The van der Waals surface area contributed by atoms with E-state index >= 15 is 0 Å². The molecule has 1 aliphatic rings. The largest absolute Gasteiger partial charge is 0.492 e. The second kappa shape index (κ2) is 6.94. The lowest BCUT2D eigenvalue weighted by atomic mass is 9.92. The van der Waals surface area contributed by atoms with Crippen molar-refractivity contribution < 1.29 is 14.6 Å². The number of carbonyl (C=O) groups is 1. The molecule has 1 aromatic carbocycles. The topological polar surface area (TPSA) is 58.6 Å². The van der Waals surface area contributed by atoms with Crippen LogP contribution in [0.5, 0.6) is 5.75 Å². The summed E-state index contributed by atoms with van der Waals surface area (Å²) in [5, 5.41) is 13.5. The van der Waals surface area contributed by atoms with Crippen molar-refractivity contribution in [2.75, 3.05) is 13.2 Å². The molecule has 0 saturated heterocycles. The van der Waals surface area contributed by atoms with Crippen LogP contribution in [0.15, 0.2) is 24.3 Å². The van der Waals surface area contributed by atoms with Crippen molar-refractivity contribution in [3.63, 3.8) is 0 Å². The summed E-state index contributed by atoms with van der Waals surface area (Å²) in [4.78, 5) is 12.4. The lowest BCUT2D eigenvalue weighted by Crippen LogP contribution is -2.44. The predicted octanol–water partition coefficient (Wildman–Crippen LogP) is 2.61. The third kappa shape index (κ3) is 3.76. The molecule has 116 valence electrons. The second-order valence-corrected chi connectivity index (χ2v) is 5.84. The summed E-state index contributed by atoms with van der Waals surface area (Å²) in [6.45, 7) is 4.78. The Bertz CT molecular complexity index is 481. The van der Waals surface area contributed by atoms with Crippen LogP contribution in [0.4, 0.5) is 0 Å². The molecule has 0 radical (unpaired) electrons. The first kappa shape index (κ1) is 15.8.